The van der Waals surface area contributed by atoms with Crippen LogP contribution in [0.2, 0.25) is 5.02 Å². The van der Waals surface area contributed by atoms with E-state index in [0.717, 1.165) is 5.69 Å². The Hall–Kier alpha value is -1.11. The number of halogens is 1. The molecule has 0 saturated heterocycles. The molecule has 7 heteroatoms. The van der Waals surface area contributed by atoms with Crippen molar-refractivity contribution in [2.24, 2.45) is 0 Å². The Morgan fingerprint density at radius 1 is 1.30 bits per heavy atom. The van der Waals surface area contributed by atoms with E-state index in [1.807, 2.05) is 26.2 Å². The first-order chi connectivity index (χ1) is 9.18. The molecule has 0 saturated carbocycles. The molecule has 0 amide bonds. The molecule has 1 heterocycles. The zero-order valence-corrected chi connectivity index (χ0v) is 13.7. The largest absolute Gasteiger partial charge is 0.263 e. The summed E-state index contributed by atoms with van der Waals surface area (Å²) in [5.41, 5.74) is 0.738. The van der Waals surface area contributed by atoms with E-state index in [4.69, 9.17) is 11.6 Å². The third-order valence-corrected chi connectivity index (χ3v) is 5.06. The molecule has 2 rings (SSSR count). The Morgan fingerprint density at radius 3 is 2.55 bits per heavy atom. The molecule has 0 radical (unpaired) electrons. The van der Waals surface area contributed by atoms with Crippen molar-refractivity contribution in [3.05, 3.63) is 40.4 Å². The number of hydrogen-bond acceptors (Lipinski definition) is 4. The number of sulfonamides is 1. The summed E-state index contributed by atoms with van der Waals surface area (Å²) in [7, 11) is -3.65. The quantitative estimate of drug-likeness (QED) is 0.928. The second-order valence-corrected chi connectivity index (χ2v) is 8.33. The molecular formula is C13H15ClN2O2S2. The first kappa shape index (κ1) is 15.3. The van der Waals surface area contributed by atoms with E-state index in [1.165, 1.54) is 23.5 Å². The third-order valence-electron chi connectivity index (χ3n) is 2.60. The molecule has 0 bridgehead atoms. The zero-order valence-electron chi connectivity index (χ0n) is 11.3. The first-order valence-corrected chi connectivity index (χ1v) is 8.67. The minimum absolute atomic E-state index is 0.115. The number of benzene rings is 1. The SMILES string of the molecule is CC(C)(C)c1csc(NS(=O)(=O)c2cccc(Cl)c2)n1. The van der Waals surface area contributed by atoms with Gasteiger partial charge in [0.1, 0.15) is 0 Å². The van der Waals surface area contributed by atoms with Gasteiger partial charge in [-0.2, -0.15) is 0 Å². The first-order valence-electron chi connectivity index (χ1n) is 5.93. The smallest absolute Gasteiger partial charge is 0.255 e. The number of anilines is 1. The highest BCUT2D eigenvalue weighted by Crippen LogP contribution is 2.28. The molecule has 0 atom stereocenters. The summed E-state index contributed by atoms with van der Waals surface area (Å²) in [6, 6.07) is 6.12. The summed E-state index contributed by atoms with van der Waals surface area (Å²) in [6.45, 7) is 6.08. The lowest BCUT2D eigenvalue weighted by Crippen LogP contribution is -2.14. The second kappa shape index (κ2) is 5.35. The predicted octanol–water partition coefficient (Wildman–Crippen LogP) is 3.89. The molecule has 1 aromatic heterocycles. The lowest BCUT2D eigenvalue weighted by molar-refractivity contribution is 0.573. The van der Waals surface area contributed by atoms with Crippen LogP contribution in [0.4, 0.5) is 5.13 Å². The van der Waals surface area contributed by atoms with Gasteiger partial charge in [-0.1, -0.05) is 38.4 Å². The van der Waals surface area contributed by atoms with E-state index in [0.29, 0.717) is 10.2 Å². The van der Waals surface area contributed by atoms with Crippen LogP contribution in [0.15, 0.2) is 34.5 Å². The Labute approximate surface area is 127 Å². The fourth-order valence-electron chi connectivity index (χ4n) is 1.47. The summed E-state index contributed by atoms with van der Waals surface area (Å²) in [5.74, 6) is 0. The van der Waals surface area contributed by atoms with Crippen LogP contribution in [0.25, 0.3) is 0 Å². The van der Waals surface area contributed by atoms with Crippen molar-refractivity contribution in [3.63, 3.8) is 0 Å². The van der Waals surface area contributed by atoms with E-state index in [9.17, 15) is 8.42 Å². The highest BCUT2D eigenvalue weighted by molar-refractivity contribution is 7.93. The molecule has 1 aromatic carbocycles. The van der Waals surface area contributed by atoms with Crippen molar-refractivity contribution in [2.45, 2.75) is 31.1 Å². The van der Waals surface area contributed by atoms with Crippen LogP contribution in [-0.4, -0.2) is 13.4 Å². The molecule has 0 unspecified atom stereocenters. The summed E-state index contributed by atoms with van der Waals surface area (Å²) in [4.78, 5) is 4.43. The molecule has 20 heavy (non-hydrogen) atoms. The fraction of sp³-hybridized carbons (Fsp3) is 0.308. The number of thiazole rings is 1. The lowest BCUT2D eigenvalue weighted by atomic mass is 9.93. The van der Waals surface area contributed by atoms with Gasteiger partial charge in [-0.15, -0.1) is 11.3 Å². The Morgan fingerprint density at radius 2 is 2.00 bits per heavy atom. The highest BCUT2D eigenvalue weighted by atomic mass is 35.5. The van der Waals surface area contributed by atoms with E-state index in [2.05, 4.69) is 9.71 Å². The molecule has 0 aliphatic carbocycles. The predicted molar refractivity (Wildman–Crippen MR) is 83.1 cm³/mol. The molecule has 1 N–H and O–H groups in total. The number of rotatable bonds is 3. The van der Waals surface area contributed by atoms with Crippen LogP contribution in [-0.2, 0) is 15.4 Å². The summed E-state index contributed by atoms with van der Waals surface area (Å²) < 4.78 is 26.9. The van der Waals surface area contributed by atoms with Gasteiger partial charge in [-0.3, -0.25) is 4.72 Å². The van der Waals surface area contributed by atoms with E-state index >= 15 is 0 Å². The van der Waals surface area contributed by atoms with Gasteiger partial charge in [0.05, 0.1) is 10.6 Å². The van der Waals surface area contributed by atoms with Gasteiger partial charge in [0, 0.05) is 15.8 Å². The monoisotopic (exact) mass is 330 g/mol. The molecule has 0 aliphatic rings. The van der Waals surface area contributed by atoms with Crippen LogP contribution in [0.3, 0.4) is 0 Å². The number of nitrogens with zero attached hydrogens (tertiary/aromatic N) is 1. The molecule has 108 valence electrons. The van der Waals surface area contributed by atoms with Crippen molar-refractivity contribution < 1.29 is 8.42 Å². The van der Waals surface area contributed by atoms with Gasteiger partial charge < -0.3 is 0 Å². The fourth-order valence-corrected chi connectivity index (χ4v) is 3.96. The number of nitrogens with one attached hydrogen (secondary N) is 1. The number of hydrogen-bond donors (Lipinski definition) is 1. The van der Waals surface area contributed by atoms with Crippen molar-refractivity contribution in [1.29, 1.82) is 0 Å². The van der Waals surface area contributed by atoms with E-state index in [1.54, 1.807) is 12.1 Å². The van der Waals surface area contributed by atoms with Gasteiger partial charge in [-0.25, -0.2) is 13.4 Å². The van der Waals surface area contributed by atoms with E-state index in [-0.39, 0.29) is 10.3 Å². The summed E-state index contributed by atoms with van der Waals surface area (Å²) >= 11 is 7.08. The zero-order chi connectivity index (χ0) is 15.0. The average Bonchev–Trinajstić information content (AvgIpc) is 2.76. The summed E-state index contributed by atoms with van der Waals surface area (Å²) in [6.07, 6.45) is 0. The molecule has 0 spiro atoms. The normalized spacial score (nSPS) is 12.4. The minimum Gasteiger partial charge on any atom is -0.255 e. The van der Waals surface area contributed by atoms with Crippen molar-refractivity contribution in [1.82, 2.24) is 4.98 Å². The van der Waals surface area contributed by atoms with Crippen LogP contribution in [0, 0.1) is 0 Å². The Bertz CT molecular complexity index is 718. The molecule has 4 nitrogen and oxygen atoms in total. The third kappa shape index (κ3) is 3.50. The van der Waals surface area contributed by atoms with Crippen LogP contribution in [0.5, 0.6) is 0 Å². The summed E-state index contributed by atoms with van der Waals surface area (Å²) in [5, 5.41) is 2.59. The van der Waals surface area contributed by atoms with Gasteiger partial charge in [0.2, 0.25) is 0 Å². The molecule has 2 aromatic rings. The van der Waals surface area contributed by atoms with Crippen molar-refractivity contribution >= 4 is 38.1 Å². The molecular weight excluding hydrogens is 316 g/mol. The van der Waals surface area contributed by atoms with Crippen LogP contribution >= 0.6 is 22.9 Å². The van der Waals surface area contributed by atoms with Gasteiger partial charge >= 0.3 is 0 Å². The van der Waals surface area contributed by atoms with E-state index < -0.39 is 10.0 Å². The Kier molecular flexibility index (Phi) is 4.09. The van der Waals surface area contributed by atoms with Crippen LogP contribution < -0.4 is 4.72 Å². The van der Waals surface area contributed by atoms with Crippen molar-refractivity contribution in [3.8, 4) is 0 Å². The maximum atomic E-state index is 12.2. The molecule has 0 aliphatic heterocycles. The van der Waals surface area contributed by atoms with Gasteiger partial charge in [-0.05, 0) is 18.2 Å². The standard InChI is InChI=1S/C13H15ClN2O2S2/c1-13(2,3)11-8-19-12(15-11)16-20(17,18)10-6-4-5-9(14)7-10/h4-8H,1-3H3,(H,15,16). The maximum absolute atomic E-state index is 12.2. The van der Waals surface area contributed by atoms with Crippen molar-refractivity contribution in [2.75, 3.05) is 4.72 Å². The maximum Gasteiger partial charge on any atom is 0.263 e. The Balaban J connectivity index is 2.27. The second-order valence-electron chi connectivity index (χ2n) is 5.35. The van der Waals surface area contributed by atoms with Gasteiger partial charge in [0.15, 0.2) is 5.13 Å². The van der Waals surface area contributed by atoms with Crippen LogP contribution in [0.1, 0.15) is 26.5 Å². The lowest BCUT2D eigenvalue weighted by Gasteiger charge is -2.14. The molecule has 0 fully saturated rings. The topological polar surface area (TPSA) is 59.1 Å². The minimum atomic E-state index is -3.65. The number of aromatic nitrogens is 1. The average molecular weight is 331 g/mol. The highest BCUT2D eigenvalue weighted by Gasteiger charge is 2.20. The van der Waals surface area contributed by atoms with Gasteiger partial charge in [0.25, 0.3) is 10.0 Å².